The zero-order chi connectivity index (χ0) is 26.3. The highest BCUT2D eigenvalue weighted by molar-refractivity contribution is 7.07. The summed E-state index contributed by atoms with van der Waals surface area (Å²) < 4.78 is 12.4. The number of carbonyl (C=O) groups excluding carboxylic acids is 2. The molecule has 0 spiro atoms. The molecule has 188 valence electrons. The number of hydrogen-bond acceptors (Lipinski definition) is 7. The second-order valence-electron chi connectivity index (χ2n) is 8.50. The van der Waals surface area contributed by atoms with Gasteiger partial charge >= 0.3 is 5.97 Å². The third kappa shape index (κ3) is 3.92. The average molecular weight is 516 g/mol. The van der Waals surface area contributed by atoms with Gasteiger partial charge in [0.2, 0.25) is 0 Å². The summed E-state index contributed by atoms with van der Waals surface area (Å²) in [6.07, 6.45) is 1.48. The number of thiazole rings is 1. The first-order chi connectivity index (χ1) is 17.9. The van der Waals surface area contributed by atoms with Crippen molar-refractivity contribution in [3.63, 3.8) is 0 Å². The number of ether oxygens (including phenoxy) is 2. The Hall–Kier alpha value is -4.24. The van der Waals surface area contributed by atoms with Gasteiger partial charge in [-0.1, -0.05) is 54.3 Å². The summed E-state index contributed by atoms with van der Waals surface area (Å²) >= 11 is 1.15. The molecule has 0 saturated carbocycles. The molecule has 3 heterocycles. The molecule has 2 aliphatic rings. The molecule has 0 saturated heterocycles. The van der Waals surface area contributed by atoms with Crippen LogP contribution in [0.25, 0.3) is 5.57 Å². The number of benzene rings is 2. The van der Waals surface area contributed by atoms with E-state index in [0.717, 1.165) is 17.0 Å². The number of hydrogen-bond donors (Lipinski definition) is 0. The van der Waals surface area contributed by atoms with Crippen LogP contribution in [0.1, 0.15) is 31.0 Å². The van der Waals surface area contributed by atoms with E-state index in [0.29, 0.717) is 44.0 Å². The van der Waals surface area contributed by atoms with Crippen molar-refractivity contribution in [2.75, 3.05) is 25.2 Å². The second kappa shape index (κ2) is 9.67. The second-order valence-corrected chi connectivity index (χ2v) is 9.48. The van der Waals surface area contributed by atoms with E-state index in [2.05, 4.69) is 11.6 Å². The van der Waals surface area contributed by atoms with Crippen LogP contribution in [0, 0.1) is 0 Å². The van der Waals surface area contributed by atoms with Crippen molar-refractivity contribution in [1.29, 1.82) is 0 Å². The zero-order valence-electron chi connectivity index (χ0n) is 20.7. The zero-order valence-corrected chi connectivity index (χ0v) is 21.5. The Labute approximate surface area is 217 Å². The Balaban J connectivity index is 1.79. The van der Waals surface area contributed by atoms with Crippen LogP contribution in [0.4, 0.5) is 5.69 Å². The number of allylic oxidation sites excluding steroid dienone is 1. The van der Waals surface area contributed by atoms with Crippen LogP contribution in [0.2, 0.25) is 0 Å². The predicted octanol–water partition coefficient (Wildman–Crippen LogP) is 2.71. The lowest BCUT2D eigenvalue weighted by Gasteiger charge is -2.24. The highest BCUT2D eigenvalue weighted by Gasteiger charge is 2.36. The van der Waals surface area contributed by atoms with Gasteiger partial charge in [0.1, 0.15) is 16.9 Å². The fraction of sp³-hybridized carbons (Fsp3) is 0.214. The number of fused-ring (bicyclic) bond motifs is 2. The minimum Gasteiger partial charge on any atom is -0.497 e. The predicted molar refractivity (Wildman–Crippen MR) is 141 cm³/mol. The topological polar surface area (TPSA) is 90.2 Å². The number of carbonyl (C=O) groups is 2. The number of likely N-dealkylation sites (N-methyl/N-ethyl adjacent to an activating group) is 1. The maximum absolute atomic E-state index is 14.1. The summed E-state index contributed by atoms with van der Waals surface area (Å²) in [6, 6.07) is 13.8. The maximum atomic E-state index is 14.1. The standard InChI is InChI=1S/C28H25N3O5S/c1-5-15-36-27(34)21-16(3)29-28-31(23(21)17-11-13-18(35-4)14-12-17)26(33)24(37-28)22-19-9-7-8-10-20(19)30(6-2)25(22)32/h5,7-14,23H,1,6,15H2,2-4H3/b24-22-. The van der Waals surface area contributed by atoms with E-state index in [9.17, 15) is 14.4 Å². The first-order valence-corrected chi connectivity index (χ1v) is 12.6. The number of para-hydroxylation sites is 1. The molecule has 5 rings (SSSR count). The monoisotopic (exact) mass is 515 g/mol. The van der Waals surface area contributed by atoms with Crippen LogP contribution in [-0.4, -0.2) is 36.7 Å². The van der Waals surface area contributed by atoms with E-state index in [1.165, 1.54) is 10.6 Å². The quantitative estimate of drug-likeness (QED) is 0.372. The largest absolute Gasteiger partial charge is 0.497 e. The third-order valence-electron chi connectivity index (χ3n) is 6.45. The van der Waals surface area contributed by atoms with Gasteiger partial charge in [-0.05, 0) is 37.6 Å². The molecule has 2 aromatic carbocycles. The Kier molecular flexibility index (Phi) is 6.39. The van der Waals surface area contributed by atoms with Gasteiger partial charge in [0.15, 0.2) is 4.80 Å². The molecule has 1 aromatic heterocycles. The third-order valence-corrected chi connectivity index (χ3v) is 7.50. The van der Waals surface area contributed by atoms with E-state index in [-0.39, 0.29) is 23.6 Å². The molecule has 3 aromatic rings. The summed E-state index contributed by atoms with van der Waals surface area (Å²) in [6.45, 7) is 7.72. The number of nitrogens with zero attached hydrogens (tertiary/aromatic N) is 3. The fourth-order valence-corrected chi connectivity index (χ4v) is 5.90. The maximum Gasteiger partial charge on any atom is 0.338 e. The number of aromatic nitrogens is 1. The lowest BCUT2D eigenvalue weighted by atomic mass is 9.96. The van der Waals surface area contributed by atoms with Crippen LogP contribution in [0.3, 0.4) is 0 Å². The van der Waals surface area contributed by atoms with E-state index < -0.39 is 12.0 Å². The molecule has 0 N–H and O–H groups in total. The van der Waals surface area contributed by atoms with Crippen molar-refractivity contribution >= 4 is 34.5 Å². The van der Waals surface area contributed by atoms with Crippen molar-refractivity contribution in [3.05, 3.63) is 103 Å². The van der Waals surface area contributed by atoms with Gasteiger partial charge in [-0.2, -0.15) is 0 Å². The van der Waals surface area contributed by atoms with Crippen LogP contribution >= 0.6 is 11.3 Å². The van der Waals surface area contributed by atoms with Crippen LogP contribution in [-0.2, 0) is 14.3 Å². The molecule has 9 heteroatoms. The number of amides is 1. The highest BCUT2D eigenvalue weighted by atomic mass is 32.1. The van der Waals surface area contributed by atoms with Crippen molar-refractivity contribution in [2.45, 2.75) is 19.9 Å². The summed E-state index contributed by atoms with van der Waals surface area (Å²) in [5.41, 5.74) is 2.83. The van der Waals surface area contributed by atoms with Crippen LogP contribution < -0.4 is 24.5 Å². The minimum absolute atomic E-state index is 0.0254. The number of esters is 1. The average Bonchev–Trinajstić information content (AvgIpc) is 3.38. The van der Waals surface area contributed by atoms with Gasteiger partial charge in [-0.25, -0.2) is 9.79 Å². The molecule has 0 radical (unpaired) electrons. The van der Waals surface area contributed by atoms with Gasteiger partial charge in [-0.3, -0.25) is 14.2 Å². The molecule has 37 heavy (non-hydrogen) atoms. The normalized spacial score (nSPS) is 17.8. The van der Waals surface area contributed by atoms with Gasteiger partial charge < -0.3 is 14.4 Å². The molecular weight excluding hydrogens is 490 g/mol. The number of methoxy groups -OCH3 is 1. The Morgan fingerprint density at radius 3 is 2.57 bits per heavy atom. The summed E-state index contributed by atoms with van der Waals surface area (Å²) in [5, 5.41) is 0. The van der Waals surface area contributed by atoms with Gasteiger partial charge in [0, 0.05) is 12.1 Å². The number of rotatable bonds is 6. The molecule has 1 amide bonds. The molecule has 8 nitrogen and oxygen atoms in total. The lowest BCUT2D eigenvalue weighted by Crippen LogP contribution is -2.41. The molecular formula is C28H25N3O5S. The summed E-state index contributed by atoms with van der Waals surface area (Å²) in [4.78, 5) is 47.3. The van der Waals surface area contributed by atoms with Gasteiger partial charge in [-0.15, -0.1) is 0 Å². The first-order valence-electron chi connectivity index (χ1n) is 11.8. The van der Waals surface area contributed by atoms with Crippen LogP contribution in [0.15, 0.2) is 82.2 Å². The molecule has 0 aliphatic carbocycles. The Morgan fingerprint density at radius 1 is 1.16 bits per heavy atom. The van der Waals surface area contributed by atoms with Crippen molar-refractivity contribution in [2.24, 2.45) is 4.99 Å². The highest BCUT2D eigenvalue weighted by Crippen LogP contribution is 2.35. The molecule has 0 bridgehead atoms. The smallest absolute Gasteiger partial charge is 0.338 e. The van der Waals surface area contributed by atoms with Gasteiger partial charge in [0.25, 0.3) is 11.5 Å². The molecule has 1 atom stereocenters. The van der Waals surface area contributed by atoms with E-state index in [1.54, 1.807) is 43.2 Å². The number of anilines is 1. The van der Waals surface area contributed by atoms with E-state index >= 15 is 0 Å². The van der Waals surface area contributed by atoms with Crippen molar-refractivity contribution in [1.82, 2.24) is 4.57 Å². The molecule has 1 unspecified atom stereocenters. The fourth-order valence-electron chi connectivity index (χ4n) is 4.76. The summed E-state index contributed by atoms with van der Waals surface area (Å²) in [7, 11) is 1.57. The van der Waals surface area contributed by atoms with Gasteiger partial charge in [0.05, 0.1) is 35.7 Å². The van der Waals surface area contributed by atoms with Crippen LogP contribution in [0.5, 0.6) is 5.75 Å². The minimum atomic E-state index is -0.789. The van der Waals surface area contributed by atoms with Crippen molar-refractivity contribution < 1.29 is 19.1 Å². The Morgan fingerprint density at radius 2 is 1.89 bits per heavy atom. The summed E-state index contributed by atoms with van der Waals surface area (Å²) in [5.74, 6) is -0.168. The van der Waals surface area contributed by atoms with E-state index in [1.807, 2.05) is 31.2 Å². The van der Waals surface area contributed by atoms with Crippen molar-refractivity contribution in [3.8, 4) is 5.75 Å². The lowest BCUT2D eigenvalue weighted by molar-refractivity contribution is -0.138. The first kappa shape index (κ1) is 24.5. The Bertz CT molecular complexity index is 1650. The molecule has 2 aliphatic heterocycles. The van der Waals surface area contributed by atoms with E-state index in [4.69, 9.17) is 9.47 Å². The SMILES string of the molecule is C=CCOC(=O)C1=C(C)N=c2s/c(=C3\C(=O)N(CC)c4ccccc43)c(=O)n2C1c1ccc(OC)cc1. The molecule has 0 fully saturated rings.